The number of unbranched alkanes of at least 4 members (excludes halogenated alkanes) is 10. The predicted molar refractivity (Wildman–Crippen MR) is 124 cm³/mol. The van der Waals surface area contributed by atoms with Gasteiger partial charge in [-0.05, 0) is 19.3 Å². The number of carbonyl (C=O) groups is 1. The molecule has 0 aromatic carbocycles. The van der Waals surface area contributed by atoms with E-state index in [0.717, 1.165) is 13.0 Å². The molecule has 0 rings (SSSR count). The van der Waals surface area contributed by atoms with Gasteiger partial charge in [-0.15, -0.1) is 17.0 Å². The van der Waals surface area contributed by atoms with Crippen molar-refractivity contribution in [2.75, 3.05) is 13.2 Å². The number of rotatable bonds is 20. The van der Waals surface area contributed by atoms with E-state index in [-0.39, 0.29) is 23.0 Å². The molecule has 0 aliphatic carbocycles. The number of nitrogens with one attached hydrogen (secondary N) is 1. The van der Waals surface area contributed by atoms with Crippen LogP contribution in [-0.2, 0) is 9.53 Å². The fourth-order valence-electron chi connectivity index (χ4n) is 3.39. The topological polar surface area (TPSA) is 38.3 Å². The zero-order chi connectivity index (χ0) is 19.3. The molecule has 0 aliphatic rings. The van der Waals surface area contributed by atoms with Gasteiger partial charge in [0.15, 0.2) is 0 Å². The Hall–Kier alpha value is -0.0900. The first-order chi connectivity index (χ1) is 12.7. The molecule has 164 valence electrons. The average molecular weight is 451 g/mol. The molecule has 0 amide bonds. The Balaban J connectivity index is 0. The molecule has 0 aromatic heterocycles. The van der Waals surface area contributed by atoms with Crippen LogP contribution in [0.3, 0.4) is 0 Å². The maximum absolute atomic E-state index is 11.4. The Morgan fingerprint density at radius 3 is 1.70 bits per heavy atom. The van der Waals surface area contributed by atoms with Crippen LogP contribution < -0.4 is 5.32 Å². The van der Waals surface area contributed by atoms with Gasteiger partial charge in [0.25, 0.3) is 0 Å². The van der Waals surface area contributed by atoms with Crippen LogP contribution in [0.15, 0.2) is 0 Å². The molecule has 0 bridgehead atoms. The van der Waals surface area contributed by atoms with Crippen LogP contribution in [-0.4, -0.2) is 25.2 Å². The molecular weight excluding hydrogens is 402 g/mol. The Morgan fingerprint density at radius 2 is 1.22 bits per heavy atom. The van der Waals surface area contributed by atoms with Crippen LogP contribution in [0.5, 0.6) is 0 Å². The van der Waals surface area contributed by atoms with Gasteiger partial charge < -0.3 is 10.1 Å². The van der Waals surface area contributed by atoms with Gasteiger partial charge >= 0.3 is 5.97 Å². The van der Waals surface area contributed by atoms with Crippen molar-refractivity contribution in [1.82, 2.24) is 5.32 Å². The van der Waals surface area contributed by atoms with Gasteiger partial charge in [-0.25, -0.2) is 0 Å². The van der Waals surface area contributed by atoms with Gasteiger partial charge in [0, 0.05) is 19.0 Å². The van der Waals surface area contributed by atoms with Crippen molar-refractivity contribution in [3.05, 3.63) is 0 Å². The fraction of sp³-hybridized carbons (Fsp3) is 0.957. The van der Waals surface area contributed by atoms with Crippen LogP contribution >= 0.6 is 17.0 Å². The van der Waals surface area contributed by atoms with E-state index in [2.05, 4.69) is 19.2 Å². The van der Waals surface area contributed by atoms with Crippen molar-refractivity contribution in [1.29, 1.82) is 0 Å². The van der Waals surface area contributed by atoms with E-state index in [1.807, 2.05) is 6.92 Å². The highest BCUT2D eigenvalue weighted by molar-refractivity contribution is 8.93. The van der Waals surface area contributed by atoms with Gasteiger partial charge in [0.05, 0.1) is 0 Å². The molecule has 0 atom stereocenters. The molecule has 0 fully saturated rings. The first-order valence-electron chi connectivity index (χ1n) is 11.6. The van der Waals surface area contributed by atoms with E-state index < -0.39 is 0 Å². The van der Waals surface area contributed by atoms with Crippen LogP contribution in [0.4, 0.5) is 0 Å². The summed E-state index contributed by atoms with van der Waals surface area (Å²) in [5, 5.41) is 3.64. The van der Waals surface area contributed by atoms with Crippen LogP contribution in [0.2, 0.25) is 0 Å². The molecule has 0 unspecified atom stereocenters. The van der Waals surface area contributed by atoms with E-state index in [0.29, 0.717) is 19.1 Å². The molecule has 1 N–H and O–H groups in total. The summed E-state index contributed by atoms with van der Waals surface area (Å²) in [7, 11) is 0. The van der Waals surface area contributed by atoms with E-state index in [4.69, 9.17) is 4.74 Å². The zero-order valence-electron chi connectivity index (χ0n) is 18.5. The lowest BCUT2D eigenvalue weighted by molar-refractivity contribution is -0.143. The lowest BCUT2D eigenvalue weighted by Gasteiger charge is -2.19. The first-order valence-corrected chi connectivity index (χ1v) is 11.6. The summed E-state index contributed by atoms with van der Waals surface area (Å²) in [5.41, 5.74) is 0. The summed E-state index contributed by atoms with van der Waals surface area (Å²) in [6.07, 6.45) is 20.2. The van der Waals surface area contributed by atoms with Crippen LogP contribution in [0.25, 0.3) is 0 Å². The fourth-order valence-corrected chi connectivity index (χ4v) is 3.39. The van der Waals surface area contributed by atoms with Crippen LogP contribution in [0.1, 0.15) is 124 Å². The second-order valence-electron chi connectivity index (χ2n) is 7.73. The summed E-state index contributed by atoms with van der Waals surface area (Å²) >= 11 is 0. The molecule has 0 spiro atoms. The molecule has 0 aliphatic heterocycles. The number of halogens is 1. The minimum Gasteiger partial charge on any atom is -0.464 e. The molecule has 27 heavy (non-hydrogen) atoms. The molecule has 0 aromatic rings. The summed E-state index contributed by atoms with van der Waals surface area (Å²) in [6, 6.07) is 0.595. The number of hydrogen-bond donors (Lipinski definition) is 1. The lowest BCUT2D eigenvalue weighted by Crippen LogP contribution is -2.32. The summed E-state index contributed by atoms with van der Waals surface area (Å²) in [5.74, 6) is -0.0577. The van der Waals surface area contributed by atoms with Gasteiger partial charge in [0.1, 0.15) is 6.61 Å². The number of carbonyl (C=O) groups excluding carboxylic acids is 1. The minimum atomic E-state index is -0.0577. The van der Waals surface area contributed by atoms with E-state index in [9.17, 15) is 4.79 Å². The van der Waals surface area contributed by atoms with Gasteiger partial charge in [-0.2, -0.15) is 0 Å². The van der Waals surface area contributed by atoms with Gasteiger partial charge in [-0.3, -0.25) is 4.79 Å². The predicted octanol–water partition coefficient (Wildman–Crippen LogP) is 7.37. The molecule has 0 saturated carbocycles. The average Bonchev–Trinajstić information content (AvgIpc) is 2.64. The number of ether oxygens (including phenoxy) is 1. The second kappa shape index (κ2) is 23.9. The van der Waals surface area contributed by atoms with Crippen LogP contribution in [0, 0.1) is 0 Å². The van der Waals surface area contributed by atoms with E-state index >= 15 is 0 Å². The highest BCUT2D eigenvalue weighted by atomic mass is 79.9. The van der Waals surface area contributed by atoms with Gasteiger partial charge in [0.2, 0.25) is 0 Å². The summed E-state index contributed by atoms with van der Waals surface area (Å²) < 4.78 is 5.27. The third-order valence-corrected chi connectivity index (χ3v) is 5.06. The zero-order valence-corrected chi connectivity index (χ0v) is 20.2. The van der Waals surface area contributed by atoms with Crippen molar-refractivity contribution in [3.63, 3.8) is 0 Å². The normalized spacial score (nSPS) is 10.8. The van der Waals surface area contributed by atoms with E-state index in [1.165, 1.54) is 89.9 Å². The maximum Gasteiger partial charge on any atom is 0.305 e. The molecule has 0 saturated heterocycles. The quantitative estimate of drug-likeness (QED) is 0.155. The highest BCUT2D eigenvalue weighted by Crippen LogP contribution is 2.14. The number of esters is 1. The smallest absolute Gasteiger partial charge is 0.305 e. The Morgan fingerprint density at radius 1 is 0.741 bits per heavy atom. The maximum atomic E-state index is 11.4. The molecule has 0 radical (unpaired) electrons. The standard InChI is InChI=1S/C23H47NO2.BrH/c1-4-7-9-11-13-15-18-22(19-16-14-12-10-8-5-2)24-20-21-26-23(25)17-6-3;/h22,24H,4-21H2,1-3H3;1H. The molecule has 0 heterocycles. The SMILES string of the molecule is Br.CCCCCCCCC(CCCCCCCC)NCCOC(=O)CCC. The lowest BCUT2D eigenvalue weighted by atomic mass is 10.00. The minimum absolute atomic E-state index is 0. The van der Waals surface area contributed by atoms with Crippen molar-refractivity contribution < 1.29 is 9.53 Å². The summed E-state index contributed by atoms with van der Waals surface area (Å²) in [6.45, 7) is 7.87. The Labute approximate surface area is 180 Å². The van der Waals surface area contributed by atoms with E-state index in [1.54, 1.807) is 0 Å². The van der Waals surface area contributed by atoms with Crippen molar-refractivity contribution >= 4 is 23.0 Å². The second-order valence-corrected chi connectivity index (χ2v) is 7.73. The Kier molecular flexibility index (Phi) is 25.8. The third kappa shape index (κ3) is 22.1. The molecular formula is C23H48BrNO2. The third-order valence-electron chi connectivity index (χ3n) is 5.06. The monoisotopic (exact) mass is 449 g/mol. The van der Waals surface area contributed by atoms with Gasteiger partial charge in [-0.1, -0.05) is 97.8 Å². The largest absolute Gasteiger partial charge is 0.464 e. The molecule has 4 heteroatoms. The van der Waals surface area contributed by atoms with Crippen molar-refractivity contribution in [2.24, 2.45) is 0 Å². The van der Waals surface area contributed by atoms with Crippen molar-refractivity contribution in [3.8, 4) is 0 Å². The highest BCUT2D eigenvalue weighted by Gasteiger charge is 2.08. The van der Waals surface area contributed by atoms with Crippen molar-refractivity contribution in [2.45, 2.75) is 130 Å². The Bertz CT molecular complexity index is 284. The first kappa shape index (κ1) is 29.1. The summed E-state index contributed by atoms with van der Waals surface area (Å²) in [4.78, 5) is 11.4. The molecule has 3 nitrogen and oxygen atoms in total. The number of hydrogen-bond acceptors (Lipinski definition) is 3.